The van der Waals surface area contributed by atoms with Crippen LogP contribution in [-0.4, -0.2) is 19.1 Å². The predicted octanol–water partition coefficient (Wildman–Crippen LogP) is 1.89. The minimum atomic E-state index is 0.728. The van der Waals surface area contributed by atoms with E-state index in [1.165, 1.54) is 25.7 Å². The summed E-state index contributed by atoms with van der Waals surface area (Å²) in [6.45, 7) is 6.37. The van der Waals surface area contributed by atoms with Crippen LogP contribution in [0.15, 0.2) is 0 Å². The van der Waals surface area contributed by atoms with Crippen molar-refractivity contribution in [3.63, 3.8) is 0 Å². The molecule has 74 valence electrons. The van der Waals surface area contributed by atoms with Gasteiger partial charge in [0.25, 0.3) is 0 Å². The van der Waals surface area contributed by atoms with E-state index in [-0.39, 0.29) is 0 Å². The van der Waals surface area contributed by atoms with Gasteiger partial charge >= 0.3 is 0 Å². The maximum absolute atomic E-state index is 5.42. The molecule has 0 fully saturated rings. The van der Waals surface area contributed by atoms with Crippen LogP contribution in [0.1, 0.15) is 46.0 Å². The summed E-state index contributed by atoms with van der Waals surface area (Å²) in [5, 5.41) is 3.54. The highest BCUT2D eigenvalue weighted by Crippen LogP contribution is 2.03. The molecule has 0 rings (SSSR count). The molecule has 0 aromatic heterocycles. The molecule has 0 radical (unpaired) electrons. The number of hydrogen-bond acceptors (Lipinski definition) is 2. The molecule has 0 saturated carbocycles. The first-order chi connectivity index (χ1) is 5.85. The number of rotatable bonds is 8. The van der Waals surface area contributed by atoms with Crippen molar-refractivity contribution in [2.45, 2.75) is 52.0 Å². The zero-order valence-corrected chi connectivity index (χ0v) is 8.60. The molecule has 0 saturated heterocycles. The van der Waals surface area contributed by atoms with E-state index in [1.54, 1.807) is 0 Å². The van der Waals surface area contributed by atoms with Gasteiger partial charge < -0.3 is 11.1 Å². The smallest absolute Gasteiger partial charge is 0.00668 e. The molecule has 0 aliphatic heterocycles. The zero-order chi connectivity index (χ0) is 9.23. The van der Waals surface area contributed by atoms with Crippen molar-refractivity contribution in [2.24, 2.45) is 5.73 Å². The van der Waals surface area contributed by atoms with Gasteiger partial charge in [0.2, 0.25) is 0 Å². The van der Waals surface area contributed by atoms with Gasteiger partial charge in [-0.2, -0.15) is 0 Å². The molecule has 0 spiro atoms. The summed E-state index contributed by atoms with van der Waals surface area (Å²) in [5.74, 6) is 0. The van der Waals surface area contributed by atoms with E-state index < -0.39 is 0 Å². The molecular weight excluding hydrogens is 148 g/mol. The van der Waals surface area contributed by atoms with E-state index in [0.717, 1.165) is 25.6 Å². The first-order valence-electron chi connectivity index (χ1n) is 5.28. The molecule has 3 N–H and O–H groups in total. The molecule has 0 atom stereocenters. The van der Waals surface area contributed by atoms with E-state index in [9.17, 15) is 0 Å². The lowest BCUT2D eigenvalue weighted by Gasteiger charge is -2.16. The lowest BCUT2D eigenvalue weighted by atomic mass is 10.1. The third kappa shape index (κ3) is 6.62. The minimum absolute atomic E-state index is 0.728. The average molecular weight is 172 g/mol. The topological polar surface area (TPSA) is 38.0 Å². The van der Waals surface area contributed by atoms with Crippen LogP contribution in [0.2, 0.25) is 0 Å². The molecular formula is C10H24N2. The van der Waals surface area contributed by atoms with Crippen LogP contribution in [-0.2, 0) is 0 Å². The van der Waals surface area contributed by atoms with Crippen molar-refractivity contribution in [1.82, 2.24) is 5.32 Å². The van der Waals surface area contributed by atoms with Gasteiger partial charge in [-0.1, -0.05) is 26.7 Å². The molecule has 0 aromatic rings. The molecule has 0 heterocycles. The monoisotopic (exact) mass is 172 g/mol. The van der Waals surface area contributed by atoms with E-state index in [4.69, 9.17) is 5.73 Å². The fourth-order valence-electron chi connectivity index (χ4n) is 1.45. The quantitative estimate of drug-likeness (QED) is 0.549. The molecule has 0 unspecified atom stereocenters. The Morgan fingerprint density at radius 2 is 1.75 bits per heavy atom. The summed E-state index contributed by atoms with van der Waals surface area (Å²) < 4.78 is 0. The van der Waals surface area contributed by atoms with Crippen molar-refractivity contribution in [2.75, 3.05) is 13.1 Å². The Morgan fingerprint density at radius 1 is 1.17 bits per heavy atom. The SMILES string of the molecule is CCCC(CCC)NCCCN. The van der Waals surface area contributed by atoms with Crippen LogP contribution >= 0.6 is 0 Å². The van der Waals surface area contributed by atoms with Gasteiger partial charge in [0, 0.05) is 6.04 Å². The molecule has 0 amide bonds. The molecule has 2 heteroatoms. The Kier molecular flexibility index (Phi) is 8.95. The van der Waals surface area contributed by atoms with Crippen molar-refractivity contribution >= 4 is 0 Å². The first-order valence-corrected chi connectivity index (χ1v) is 5.28. The van der Waals surface area contributed by atoms with Gasteiger partial charge in [-0.05, 0) is 32.4 Å². The van der Waals surface area contributed by atoms with E-state index in [1.807, 2.05) is 0 Å². The van der Waals surface area contributed by atoms with Crippen LogP contribution in [0.25, 0.3) is 0 Å². The van der Waals surface area contributed by atoms with E-state index in [2.05, 4.69) is 19.2 Å². The highest BCUT2D eigenvalue weighted by molar-refractivity contribution is 4.65. The second-order valence-corrected chi connectivity index (χ2v) is 3.37. The normalized spacial score (nSPS) is 11.0. The van der Waals surface area contributed by atoms with Crippen LogP contribution in [0.5, 0.6) is 0 Å². The van der Waals surface area contributed by atoms with Gasteiger partial charge in [0.15, 0.2) is 0 Å². The standard InChI is InChI=1S/C10H24N2/c1-3-6-10(7-4-2)12-9-5-8-11/h10,12H,3-9,11H2,1-2H3. The average Bonchev–Trinajstić information content (AvgIpc) is 2.06. The molecule has 2 nitrogen and oxygen atoms in total. The fourth-order valence-corrected chi connectivity index (χ4v) is 1.45. The Balaban J connectivity index is 3.34. The summed E-state index contributed by atoms with van der Waals surface area (Å²) in [5.41, 5.74) is 5.42. The minimum Gasteiger partial charge on any atom is -0.330 e. The van der Waals surface area contributed by atoms with Gasteiger partial charge in [0.05, 0.1) is 0 Å². The highest BCUT2D eigenvalue weighted by atomic mass is 14.9. The lowest BCUT2D eigenvalue weighted by Crippen LogP contribution is -2.30. The van der Waals surface area contributed by atoms with Gasteiger partial charge in [-0.25, -0.2) is 0 Å². The van der Waals surface area contributed by atoms with Crippen molar-refractivity contribution in [1.29, 1.82) is 0 Å². The van der Waals surface area contributed by atoms with Crippen molar-refractivity contribution < 1.29 is 0 Å². The molecule has 12 heavy (non-hydrogen) atoms. The summed E-state index contributed by atoms with van der Waals surface area (Å²) in [6, 6.07) is 0.728. The molecule has 0 bridgehead atoms. The van der Waals surface area contributed by atoms with E-state index in [0.29, 0.717) is 0 Å². The van der Waals surface area contributed by atoms with Crippen molar-refractivity contribution in [3.05, 3.63) is 0 Å². The Morgan fingerprint density at radius 3 is 2.17 bits per heavy atom. The second-order valence-electron chi connectivity index (χ2n) is 3.37. The summed E-state index contributed by atoms with van der Waals surface area (Å²) in [7, 11) is 0. The Bertz CT molecular complexity index is 77.9. The maximum Gasteiger partial charge on any atom is 0.00668 e. The molecule has 0 aliphatic carbocycles. The third-order valence-electron chi connectivity index (χ3n) is 2.09. The van der Waals surface area contributed by atoms with Crippen molar-refractivity contribution in [3.8, 4) is 0 Å². The van der Waals surface area contributed by atoms with Crippen LogP contribution in [0.3, 0.4) is 0 Å². The van der Waals surface area contributed by atoms with Gasteiger partial charge in [-0.3, -0.25) is 0 Å². The Hall–Kier alpha value is -0.0800. The van der Waals surface area contributed by atoms with Crippen LogP contribution in [0, 0.1) is 0 Å². The molecule has 0 aliphatic rings. The van der Waals surface area contributed by atoms with Gasteiger partial charge in [0.1, 0.15) is 0 Å². The van der Waals surface area contributed by atoms with Gasteiger partial charge in [-0.15, -0.1) is 0 Å². The highest BCUT2D eigenvalue weighted by Gasteiger charge is 2.03. The zero-order valence-electron chi connectivity index (χ0n) is 8.60. The second kappa shape index (κ2) is 9.01. The maximum atomic E-state index is 5.42. The van der Waals surface area contributed by atoms with Crippen LogP contribution in [0.4, 0.5) is 0 Å². The van der Waals surface area contributed by atoms with E-state index >= 15 is 0 Å². The largest absolute Gasteiger partial charge is 0.330 e. The summed E-state index contributed by atoms with van der Waals surface area (Å²) >= 11 is 0. The number of nitrogens with two attached hydrogens (primary N) is 1. The fraction of sp³-hybridized carbons (Fsp3) is 1.00. The lowest BCUT2D eigenvalue weighted by molar-refractivity contribution is 0.442. The summed E-state index contributed by atoms with van der Waals surface area (Å²) in [6.07, 6.45) is 6.27. The third-order valence-corrected chi connectivity index (χ3v) is 2.09. The summed E-state index contributed by atoms with van der Waals surface area (Å²) in [4.78, 5) is 0. The first kappa shape index (κ1) is 11.9. The van der Waals surface area contributed by atoms with Crippen LogP contribution < -0.4 is 11.1 Å². The number of hydrogen-bond donors (Lipinski definition) is 2. The predicted molar refractivity (Wildman–Crippen MR) is 55.3 cm³/mol. The Labute approximate surface area is 76.9 Å². The molecule has 0 aromatic carbocycles. The number of nitrogens with one attached hydrogen (secondary N) is 1.